The Bertz CT molecular complexity index is 816. The predicted molar refractivity (Wildman–Crippen MR) is 82.2 cm³/mol. The highest BCUT2D eigenvalue weighted by molar-refractivity contribution is 7.91. The molecule has 0 aliphatic heterocycles. The summed E-state index contributed by atoms with van der Waals surface area (Å²) in [6.07, 6.45) is 5.87. The van der Waals surface area contributed by atoms with Crippen molar-refractivity contribution in [3.63, 3.8) is 0 Å². The number of rotatable bonds is 7. The van der Waals surface area contributed by atoms with Gasteiger partial charge in [-0.3, -0.25) is 19.6 Å². The number of carbonyl (C=O) groups is 2. The van der Waals surface area contributed by atoms with E-state index in [2.05, 4.69) is 9.97 Å². The maximum Gasteiger partial charge on any atom is 0.179 e. The van der Waals surface area contributed by atoms with Crippen LogP contribution in [0.25, 0.3) is 0 Å². The third-order valence-corrected chi connectivity index (χ3v) is 3.65. The summed E-state index contributed by atoms with van der Waals surface area (Å²) in [5.74, 6) is -0.729. The molecule has 23 heavy (non-hydrogen) atoms. The second-order valence-corrected chi connectivity index (χ2v) is 6.99. The van der Waals surface area contributed by atoms with Gasteiger partial charge >= 0.3 is 0 Å². The van der Waals surface area contributed by atoms with Crippen molar-refractivity contribution in [3.05, 3.63) is 53.6 Å². The Morgan fingerprint density at radius 1 is 1.26 bits per heavy atom. The summed E-state index contributed by atoms with van der Waals surface area (Å²) in [5, 5.41) is 0. The number of aromatic nitrogens is 2. The maximum absolute atomic E-state index is 11.7. The molecule has 0 spiro atoms. The number of hydrogen-bond acceptors (Lipinski definition) is 7. The lowest BCUT2D eigenvalue weighted by Crippen LogP contribution is -2.15. The van der Waals surface area contributed by atoms with Gasteiger partial charge in [-0.05, 0) is 18.2 Å². The highest BCUT2D eigenvalue weighted by Gasteiger charge is 2.13. The zero-order valence-corrected chi connectivity index (χ0v) is 13.1. The lowest BCUT2D eigenvalue weighted by Gasteiger charge is -2.07. The summed E-state index contributed by atoms with van der Waals surface area (Å²) in [6.45, 7) is 0.0904. The van der Waals surface area contributed by atoms with Gasteiger partial charge in [-0.25, -0.2) is 8.42 Å². The summed E-state index contributed by atoms with van der Waals surface area (Å²) >= 11 is 0. The average Bonchev–Trinajstić information content (AvgIpc) is 2.52. The van der Waals surface area contributed by atoms with Crippen molar-refractivity contribution in [2.75, 3.05) is 12.0 Å². The van der Waals surface area contributed by atoms with E-state index < -0.39 is 21.4 Å². The standard InChI is InChI=1S/C15H14N2O5S/c1-23(20,21)10-14(19)11-2-3-13(17-6-11)9-22-15-7-16-5-4-12(15)8-18/h2-8H,9-10H2,1H3. The van der Waals surface area contributed by atoms with Crippen LogP contribution in [0.3, 0.4) is 0 Å². The van der Waals surface area contributed by atoms with Crippen LogP contribution in [0.4, 0.5) is 0 Å². The van der Waals surface area contributed by atoms with Gasteiger partial charge in [-0.2, -0.15) is 0 Å². The van der Waals surface area contributed by atoms with Crippen LogP contribution in [-0.2, 0) is 16.4 Å². The molecule has 0 saturated heterocycles. The van der Waals surface area contributed by atoms with Crippen LogP contribution in [0.1, 0.15) is 26.4 Å². The molecule has 8 heteroatoms. The number of sulfone groups is 1. The number of ether oxygens (including phenoxy) is 1. The third kappa shape index (κ3) is 4.96. The molecule has 0 N–H and O–H groups in total. The lowest BCUT2D eigenvalue weighted by atomic mass is 10.2. The molecule has 0 atom stereocenters. The van der Waals surface area contributed by atoms with Gasteiger partial charge in [0.05, 0.1) is 17.5 Å². The van der Waals surface area contributed by atoms with Crippen LogP contribution in [0, 0.1) is 0 Å². The summed E-state index contributed by atoms with van der Waals surface area (Å²) in [7, 11) is -3.38. The Kier molecular flexibility index (Phi) is 5.17. The van der Waals surface area contributed by atoms with Crippen LogP contribution in [0.15, 0.2) is 36.8 Å². The van der Waals surface area contributed by atoms with Crippen molar-refractivity contribution in [2.24, 2.45) is 0 Å². The molecule has 0 aliphatic carbocycles. The van der Waals surface area contributed by atoms with Gasteiger partial charge < -0.3 is 4.74 Å². The fourth-order valence-electron chi connectivity index (χ4n) is 1.76. The Labute approximate surface area is 133 Å². The molecule has 120 valence electrons. The van der Waals surface area contributed by atoms with Crippen molar-refractivity contribution < 1.29 is 22.7 Å². The molecule has 0 unspecified atom stereocenters. The van der Waals surface area contributed by atoms with E-state index in [0.717, 1.165) is 6.26 Å². The molecule has 0 aromatic carbocycles. The van der Waals surface area contributed by atoms with E-state index in [1.54, 1.807) is 6.07 Å². The van der Waals surface area contributed by atoms with Gasteiger partial charge in [0.15, 0.2) is 21.9 Å². The second kappa shape index (κ2) is 7.10. The number of nitrogens with zero attached hydrogens (tertiary/aromatic N) is 2. The van der Waals surface area contributed by atoms with Gasteiger partial charge in [-0.15, -0.1) is 0 Å². The van der Waals surface area contributed by atoms with Crippen molar-refractivity contribution in [2.45, 2.75) is 6.61 Å². The normalized spacial score (nSPS) is 11.0. The van der Waals surface area contributed by atoms with Crippen LogP contribution in [-0.4, -0.2) is 42.5 Å². The Morgan fingerprint density at radius 2 is 2.04 bits per heavy atom. The molecule has 0 aliphatic rings. The first-order chi connectivity index (χ1) is 10.9. The number of Topliss-reactive ketones (excluding diaryl/α,β-unsaturated/α-hetero) is 1. The van der Waals surface area contributed by atoms with Crippen LogP contribution in [0.5, 0.6) is 5.75 Å². The van der Waals surface area contributed by atoms with Gasteiger partial charge in [0.2, 0.25) is 0 Å². The highest BCUT2D eigenvalue weighted by Crippen LogP contribution is 2.15. The topological polar surface area (TPSA) is 103 Å². The smallest absolute Gasteiger partial charge is 0.179 e. The molecule has 2 aromatic rings. The number of aldehydes is 1. The van der Waals surface area contributed by atoms with Crippen molar-refractivity contribution in [3.8, 4) is 5.75 Å². The fourth-order valence-corrected chi connectivity index (χ4v) is 2.40. The first-order valence-corrected chi connectivity index (χ1v) is 8.63. The number of pyridine rings is 2. The summed E-state index contributed by atoms with van der Waals surface area (Å²) in [5.41, 5.74) is 1.12. The minimum absolute atomic E-state index is 0.0904. The lowest BCUT2D eigenvalue weighted by molar-refractivity contribution is 0.102. The van der Waals surface area contributed by atoms with E-state index in [1.165, 1.54) is 30.7 Å². The van der Waals surface area contributed by atoms with E-state index in [9.17, 15) is 18.0 Å². The molecular weight excluding hydrogens is 320 g/mol. The van der Waals surface area contributed by atoms with Crippen molar-refractivity contribution in [1.29, 1.82) is 0 Å². The Hall–Kier alpha value is -2.61. The zero-order chi connectivity index (χ0) is 16.9. The Balaban J connectivity index is 2.03. The van der Waals surface area contributed by atoms with Crippen LogP contribution < -0.4 is 4.74 Å². The van der Waals surface area contributed by atoms with E-state index >= 15 is 0 Å². The van der Waals surface area contributed by atoms with E-state index in [0.29, 0.717) is 23.3 Å². The molecule has 2 aromatic heterocycles. The SMILES string of the molecule is CS(=O)(=O)CC(=O)c1ccc(COc2cnccc2C=O)nc1. The third-order valence-electron chi connectivity index (χ3n) is 2.86. The molecule has 2 rings (SSSR count). The van der Waals surface area contributed by atoms with Crippen LogP contribution >= 0.6 is 0 Å². The first kappa shape index (κ1) is 16.8. The molecule has 0 bridgehead atoms. The first-order valence-electron chi connectivity index (χ1n) is 6.57. The van der Waals surface area contributed by atoms with Crippen molar-refractivity contribution >= 4 is 21.9 Å². The van der Waals surface area contributed by atoms with Crippen molar-refractivity contribution in [1.82, 2.24) is 9.97 Å². The van der Waals surface area contributed by atoms with Gasteiger partial charge in [0.1, 0.15) is 18.1 Å². The molecule has 0 fully saturated rings. The highest BCUT2D eigenvalue weighted by atomic mass is 32.2. The van der Waals surface area contributed by atoms with Crippen LogP contribution in [0.2, 0.25) is 0 Å². The quantitative estimate of drug-likeness (QED) is 0.551. The number of ketones is 1. The fraction of sp³-hybridized carbons (Fsp3) is 0.200. The molecule has 0 radical (unpaired) electrons. The minimum Gasteiger partial charge on any atom is -0.485 e. The summed E-state index contributed by atoms with van der Waals surface area (Å²) < 4.78 is 27.7. The van der Waals surface area contributed by atoms with Gasteiger partial charge in [0.25, 0.3) is 0 Å². The monoisotopic (exact) mass is 334 g/mol. The average molecular weight is 334 g/mol. The second-order valence-electron chi connectivity index (χ2n) is 4.85. The van der Waals surface area contributed by atoms with E-state index in [1.807, 2.05) is 0 Å². The van der Waals surface area contributed by atoms with E-state index in [-0.39, 0.29) is 12.2 Å². The maximum atomic E-state index is 11.7. The van der Waals surface area contributed by atoms with E-state index in [4.69, 9.17) is 4.74 Å². The Morgan fingerprint density at radius 3 is 2.65 bits per heavy atom. The van der Waals surface area contributed by atoms with Gasteiger partial charge in [-0.1, -0.05) is 0 Å². The molecular formula is C15H14N2O5S. The van der Waals surface area contributed by atoms with Gasteiger partial charge in [0, 0.05) is 24.2 Å². The number of carbonyl (C=O) groups excluding carboxylic acids is 2. The summed E-state index contributed by atoms with van der Waals surface area (Å²) in [4.78, 5) is 30.5. The molecule has 7 nitrogen and oxygen atoms in total. The largest absolute Gasteiger partial charge is 0.485 e. The summed E-state index contributed by atoms with van der Waals surface area (Å²) in [6, 6.07) is 4.58. The number of hydrogen-bond donors (Lipinski definition) is 0. The predicted octanol–water partition coefficient (Wildman–Crippen LogP) is 1.10. The molecule has 0 amide bonds. The minimum atomic E-state index is -3.38. The molecule has 2 heterocycles. The molecule has 0 saturated carbocycles. The zero-order valence-electron chi connectivity index (χ0n) is 12.3.